The van der Waals surface area contributed by atoms with E-state index < -0.39 is 11.9 Å². The number of aromatic nitrogens is 3. The normalized spacial score (nSPS) is 20.1. The maximum Gasteiger partial charge on any atom is 0.312 e. The molecule has 3 N–H and O–H groups in total. The van der Waals surface area contributed by atoms with Crippen LogP contribution in [0.5, 0.6) is 0 Å². The van der Waals surface area contributed by atoms with E-state index in [9.17, 15) is 14.7 Å². The van der Waals surface area contributed by atoms with Crippen molar-refractivity contribution in [1.29, 1.82) is 0 Å². The van der Waals surface area contributed by atoms with Gasteiger partial charge >= 0.3 is 5.97 Å². The molecule has 3 aromatic heterocycles. The lowest BCUT2D eigenvalue weighted by molar-refractivity contribution is -0.138. The van der Waals surface area contributed by atoms with Crippen LogP contribution in [0.3, 0.4) is 0 Å². The van der Waals surface area contributed by atoms with Crippen LogP contribution in [0.4, 0.5) is 5.82 Å². The van der Waals surface area contributed by atoms with Gasteiger partial charge < -0.3 is 25.2 Å². The molecule has 3 aromatic rings. The van der Waals surface area contributed by atoms with E-state index in [1.165, 1.54) is 18.4 Å². The molecule has 1 amide bonds. The monoisotopic (exact) mass is 544 g/mol. The molecule has 0 aromatic carbocycles. The maximum absolute atomic E-state index is 13.1. The second-order valence-corrected chi connectivity index (χ2v) is 11.8. The van der Waals surface area contributed by atoms with Crippen molar-refractivity contribution < 1.29 is 14.7 Å². The fraction of sp³-hybridized carbons (Fsp3) is 0.548. The molecule has 6 rings (SSSR count). The average molecular weight is 545 g/mol. The summed E-state index contributed by atoms with van der Waals surface area (Å²) >= 11 is 0. The first-order valence-electron chi connectivity index (χ1n) is 14.9. The summed E-state index contributed by atoms with van der Waals surface area (Å²) in [5.41, 5.74) is 3.95. The molecule has 1 saturated heterocycles. The molecule has 3 aliphatic rings. The molecular weight excluding hydrogens is 504 g/mol. The number of nitrogens with one attached hydrogen (secondary N) is 2. The zero-order valence-electron chi connectivity index (χ0n) is 23.1. The molecule has 0 spiro atoms. The number of hydrogen-bond acceptors (Lipinski definition) is 6. The Morgan fingerprint density at radius 3 is 2.92 bits per heavy atom. The van der Waals surface area contributed by atoms with Gasteiger partial charge in [-0.25, -0.2) is 9.97 Å². The van der Waals surface area contributed by atoms with Crippen molar-refractivity contribution in [3.8, 4) is 0 Å². The number of pyridine rings is 2. The summed E-state index contributed by atoms with van der Waals surface area (Å²) in [7, 11) is 0. The molecule has 0 bridgehead atoms. The Morgan fingerprint density at radius 1 is 1.18 bits per heavy atom. The Hall–Kier alpha value is -3.46. The molecule has 2 fully saturated rings. The number of aryl methyl sites for hydroxylation is 2. The number of fused-ring (bicyclic) bond motifs is 2. The van der Waals surface area contributed by atoms with Gasteiger partial charge in [0, 0.05) is 49.7 Å². The number of amides is 1. The zero-order chi connectivity index (χ0) is 27.5. The Balaban J connectivity index is 0.998. The molecule has 5 heterocycles. The molecular formula is C31H40N6O3. The molecule has 9 heteroatoms. The molecule has 40 heavy (non-hydrogen) atoms. The molecule has 0 unspecified atom stereocenters. The molecule has 1 saturated carbocycles. The Kier molecular flexibility index (Phi) is 8.00. The minimum absolute atomic E-state index is 0.0528. The second-order valence-electron chi connectivity index (χ2n) is 11.8. The number of piperidine rings is 1. The van der Waals surface area contributed by atoms with E-state index in [0.29, 0.717) is 12.1 Å². The van der Waals surface area contributed by atoms with E-state index in [-0.39, 0.29) is 18.4 Å². The second kappa shape index (κ2) is 12.0. The van der Waals surface area contributed by atoms with Gasteiger partial charge in [0.1, 0.15) is 17.4 Å². The van der Waals surface area contributed by atoms with E-state index in [1.807, 2.05) is 18.3 Å². The van der Waals surface area contributed by atoms with Crippen molar-refractivity contribution in [1.82, 2.24) is 24.8 Å². The van der Waals surface area contributed by atoms with Gasteiger partial charge in [-0.05, 0) is 99.7 Å². The smallest absolute Gasteiger partial charge is 0.312 e. The van der Waals surface area contributed by atoms with Crippen LogP contribution in [0.2, 0.25) is 0 Å². The molecule has 2 atom stereocenters. The predicted octanol–water partition coefficient (Wildman–Crippen LogP) is 3.83. The first-order chi connectivity index (χ1) is 19.5. The van der Waals surface area contributed by atoms with Crippen LogP contribution in [0.1, 0.15) is 61.3 Å². The standard InChI is InChI=1S/C31H40N6O3/c38-30(24-5-2-13-36(20-24)14-3-6-26-10-9-22-4-1-12-32-28(22)35-26)34-18-27(31(39)40)25-16-23-11-15-37(19-21-7-8-21)29(23)33-17-25/h9-11,15-17,21,24,27H,1-8,12-14,18-20H2,(H,32,35)(H,34,38)(H,39,40)/t24-,27-/m1/s1. The average Bonchev–Trinajstić information content (AvgIpc) is 3.71. The molecule has 212 valence electrons. The number of likely N-dealkylation sites (tertiary alicyclic amines) is 1. The van der Waals surface area contributed by atoms with E-state index in [4.69, 9.17) is 4.98 Å². The van der Waals surface area contributed by atoms with Crippen LogP contribution in [-0.2, 0) is 29.0 Å². The van der Waals surface area contributed by atoms with Crippen LogP contribution < -0.4 is 10.6 Å². The van der Waals surface area contributed by atoms with E-state index in [2.05, 4.69) is 37.2 Å². The van der Waals surface area contributed by atoms with Crippen molar-refractivity contribution >= 4 is 28.7 Å². The summed E-state index contributed by atoms with van der Waals surface area (Å²) in [4.78, 5) is 37.0. The summed E-state index contributed by atoms with van der Waals surface area (Å²) in [6.07, 6.45) is 12.2. The summed E-state index contributed by atoms with van der Waals surface area (Å²) < 4.78 is 2.16. The van der Waals surface area contributed by atoms with E-state index in [1.54, 1.807) is 6.20 Å². The van der Waals surface area contributed by atoms with Gasteiger partial charge in [0.2, 0.25) is 5.91 Å². The van der Waals surface area contributed by atoms with Gasteiger partial charge in [-0.3, -0.25) is 9.59 Å². The molecule has 1 aliphatic carbocycles. The van der Waals surface area contributed by atoms with Gasteiger partial charge in [-0.2, -0.15) is 0 Å². The number of carboxylic acids is 1. The lowest BCUT2D eigenvalue weighted by atomic mass is 9.95. The minimum atomic E-state index is -0.949. The van der Waals surface area contributed by atoms with Gasteiger partial charge in [0.25, 0.3) is 0 Å². The van der Waals surface area contributed by atoms with Crippen molar-refractivity contribution in [2.24, 2.45) is 11.8 Å². The van der Waals surface area contributed by atoms with Gasteiger partial charge in [-0.15, -0.1) is 0 Å². The predicted molar refractivity (Wildman–Crippen MR) is 154 cm³/mol. The summed E-state index contributed by atoms with van der Waals surface area (Å²) in [6.45, 7) is 4.67. The third kappa shape index (κ3) is 6.30. The first-order valence-corrected chi connectivity index (χ1v) is 14.9. The van der Waals surface area contributed by atoms with Crippen molar-refractivity contribution in [2.75, 3.05) is 38.0 Å². The fourth-order valence-electron chi connectivity index (χ4n) is 6.17. The molecule has 2 aliphatic heterocycles. The topological polar surface area (TPSA) is 112 Å². The number of carbonyl (C=O) groups excluding carboxylic acids is 1. The number of aliphatic carboxylic acids is 1. The number of carbonyl (C=O) groups is 2. The maximum atomic E-state index is 13.1. The van der Waals surface area contributed by atoms with Crippen molar-refractivity contribution in [3.05, 3.63) is 53.5 Å². The Labute approximate surface area is 235 Å². The Bertz CT molecular complexity index is 1370. The summed E-state index contributed by atoms with van der Waals surface area (Å²) in [5.74, 6) is -0.172. The van der Waals surface area contributed by atoms with Crippen LogP contribution >= 0.6 is 0 Å². The highest BCUT2D eigenvalue weighted by molar-refractivity contribution is 5.83. The number of carboxylic acid groups (broad SMARTS) is 1. The van der Waals surface area contributed by atoms with Crippen LogP contribution in [-0.4, -0.2) is 69.1 Å². The lowest BCUT2D eigenvalue weighted by Gasteiger charge is -2.32. The number of anilines is 1. The third-order valence-electron chi connectivity index (χ3n) is 8.69. The van der Waals surface area contributed by atoms with Crippen LogP contribution in [0.15, 0.2) is 36.7 Å². The highest BCUT2D eigenvalue weighted by atomic mass is 16.4. The van der Waals surface area contributed by atoms with Crippen LogP contribution in [0, 0.1) is 11.8 Å². The Morgan fingerprint density at radius 2 is 2.08 bits per heavy atom. The highest BCUT2D eigenvalue weighted by Crippen LogP contribution is 2.32. The van der Waals surface area contributed by atoms with Gasteiger partial charge in [0.05, 0.1) is 5.92 Å². The zero-order valence-corrected chi connectivity index (χ0v) is 23.1. The van der Waals surface area contributed by atoms with Gasteiger partial charge in [0.15, 0.2) is 0 Å². The number of nitrogens with zero attached hydrogens (tertiary/aromatic N) is 4. The van der Waals surface area contributed by atoms with E-state index in [0.717, 1.165) is 93.2 Å². The third-order valence-corrected chi connectivity index (χ3v) is 8.69. The summed E-state index contributed by atoms with van der Waals surface area (Å²) in [5, 5.41) is 17.3. The van der Waals surface area contributed by atoms with Crippen molar-refractivity contribution in [2.45, 2.75) is 63.8 Å². The van der Waals surface area contributed by atoms with Crippen molar-refractivity contribution in [3.63, 3.8) is 0 Å². The largest absolute Gasteiger partial charge is 0.481 e. The minimum Gasteiger partial charge on any atom is -0.481 e. The van der Waals surface area contributed by atoms with Crippen LogP contribution in [0.25, 0.3) is 11.0 Å². The number of hydrogen-bond donors (Lipinski definition) is 3. The van der Waals surface area contributed by atoms with Gasteiger partial charge in [-0.1, -0.05) is 6.07 Å². The quantitative estimate of drug-likeness (QED) is 0.336. The van der Waals surface area contributed by atoms with E-state index >= 15 is 0 Å². The first kappa shape index (κ1) is 26.7. The fourth-order valence-corrected chi connectivity index (χ4v) is 6.17. The summed E-state index contributed by atoms with van der Waals surface area (Å²) in [6, 6.07) is 8.26. The lowest BCUT2D eigenvalue weighted by Crippen LogP contribution is -2.44. The highest BCUT2D eigenvalue weighted by Gasteiger charge is 2.28. The molecule has 0 radical (unpaired) electrons. The number of rotatable bonds is 11. The SMILES string of the molecule is O=C(NC[C@@H](C(=O)O)c1cnc2c(ccn2CC2CC2)c1)[C@@H]1CCCN(CCCc2ccc3c(n2)NCCC3)C1. The molecule has 9 nitrogen and oxygen atoms in total.